The van der Waals surface area contributed by atoms with Gasteiger partial charge < -0.3 is 20.4 Å². The van der Waals surface area contributed by atoms with Crippen LogP contribution in [0.25, 0.3) is 0 Å². The highest BCUT2D eigenvalue weighted by atomic mass is 16.6. The second kappa shape index (κ2) is 7.84. The first-order chi connectivity index (χ1) is 11.0. The number of rotatable bonds is 6. The van der Waals surface area contributed by atoms with Crippen LogP contribution in [0, 0.1) is 16.0 Å². The van der Waals surface area contributed by atoms with Crippen molar-refractivity contribution in [3.63, 3.8) is 0 Å². The normalized spacial score (nSPS) is 16.9. The molecule has 1 aliphatic rings. The topological polar surface area (TPSA) is 129 Å². The maximum Gasteiger partial charge on any atom is 0.287 e. The van der Waals surface area contributed by atoms with Gasteiger partial charge in [-0.1, -0.05) is 0 Å². The zero-order valence-corrected chi connectivity index (χ0v) is 12.6. The lowest BCUT2D eigenvalue weighted by Gasteiger charge is -2.32. The molecule has 0 aromatic carbocycles. The summed E-state index contributed by atoms with van der Waals surface area (Å²) in [7, 11) is 0. The van der Waals surface area contributed by atoms with Crippen LogP contribution in [-0.4, -0.2) is 58.4 Å². The van der Waals surface area contributed by atoms with E-state index < -0.39 is 11.0 Å². The third-order valence-corrected chi connectivity index (χ3v) is 3.86. The monoisotopic (exact) mass is 324 g/mol. The van der Waals surface area contributed by atoms with Gasteiger partial charge in [-0.05, 0) is 18.9 Å². The first-order valence-corrected chi connectivity index (χ1v) is 7.43. The van der Waals surface area contributed by atoms with Gasteiger partial charge in [0, 0.05) is 31.6 Å². The molecule has 126 valence electrons. The fraction of sp³-hybridized carbons (Fsp3) is 0.571. The van der Waals surface area contributed by atoms with Crippen LogP contribution in [-0.2, 0) is 4.79 Å². The molecule has 9 nitrogen and oxygen atoms in total. The minimum atomic E-state index is -0.941. The Labute approximate surface area is 133 Å². The number of anilines is 1. The van der Waals surface area contributed by atoms with Crippen LogP contribution < -0.4 is 10.2 Å². The molecule has 1 atom stereocenters. The van der Waals surface area contributed by atoms with E-state index in [0.717, 1.165) is 0 Å². The molecule has 3 N–H and O–H groups in total. The summed E-state index contributed by atoms with van der Waals surface area (Å²) in [6.07, 6.45) is 1.56. The lowest BCUT2D eigenvalue weighted by atomic mass is 9.96. The van der Waals surface area contributed by atoms with Crippen LogP contribution in [0.4, 0.5) is 11.5 Å². The van der Waals surface area contributed by atoms with Gasteiger partial charge in [-0.15, -0.1) is 0 Å². The lowest BCUT2D eigenvalue weighted by molar-refractivity contribution is -0.385. The molecule has 0 aliphatic carbocycles. The number of aliphatic hydroxyl groups is 2. The molecule has 1 aliphatic heterocycles. The van der Waals surface area contributed by atoms with Crippen LogP contribution in [0.15, 0.2) is 18.3 Å². The Morgan fingerprint density at radius 2 is 2.17 bits per heavy atom. The maximum absolute atomic E-state index is 12.0. The number of hydrogen-bond acceptors (Lipinski definition) is 7. The van der Waals surface area contributed by atoms with Crippen LogP contribution in [0.2, 0.25) is 0 Å². The average Bonchev–Trinajstić information content (AvgIpc) is 2.59. The predicted octanol–water partition coefficient (Wildman–Crippen LogP) is -0.324. The molecule has 1 aromatic heterocycles. The van der Waals surface area contributed by atoms with E-state index in [0.29, 0.717) is 31.7 Å². The van der Waals surface area contributed by atoms with E-state index in [1.165, 1.54) is 12.3 Å². The Morgan fingerprint density at radius 1 is 1.48 bits per heavy atom. The van der Waals surface area contributed by atoms with Crippen molar-refractivity contribution in [2.75, 3.05) is 31.1 Å². The highest BCUT2D eigenvalue weighted by Crippen LogP contribution is 2.23. The van der Waals surface area contributed by atoms with Crippen molar-refractivity contribution in [2.24, 2.45) is 5.92 Å². The zero-order valence-electron chi connectivity index (χ0n) is 12.6. The number of nitrogens with one attached hydrogen (secondary N) is 1. The van der Waals surface area contributed by atoms with E-state index in [4.69, 9.17) is 5.11 Å². The zero-order chi connectivity index (χ0) is 16.8. The Hall–Kier alpha value is -2.26. The highest BCUT2D eigenvalue weighted by Gasteiger charge is 2.26. The van der Waals surface area contributed by atoms with Crippen molar-refractivity contribution in [3.8, 4) is 0 Å². The van der Waals surface area contributed by atoms with E-state index in [-0.39, 0.29) is 30.7 Å². The van der Waals surface area contributed by atoms with E-state index >= 15 is 0 Å². The number of pyridine rings is 1. The Bertz CT molecular complexity index is 543. The quantitative estimate of drug-likeness (QED) is 0.483. The van der Waals surface area contributed by atoms with Crippen molar-refractivity contribution >= 4 is 17.4 Å². The smallest absolute Gasteiger partial charge is 0.287 e. The van der Waals surface area contributed by atoms with Gasteiger partial charge in [-0.25, -0.2) is 4.98 Å². The van der Waals surface area contributed by atoms with Gasteiger partial charge >= 0.3 is 0 Å². The number of amides is 1. The molecular weight excluding hydrogens is 304 g/mol. The number of aliphatic hydroxyl groups excluding tert-OH is 2. The summed E-state index contributed by atoms with van der Waals surface area (Å²) in [5.41, 5.74) is -0.0505. The summed E-state index contributed by atoms with van der Waals surface area (Å²) in [6.45, 7) is 0.918. The number of carbonyl (C=O) groups excluding carboxylic acids is 1. The van der Waals surface area contributed by atoms with Gasteiger partial charge in [-0.3, -0.25) is 14.9 Å². The van der Waals surface area contributed by atoms with Gasteiger partial charge in [0.1, 0.15) is 12.0 Å². The molecule has 2 heterocycles. The molecule has 0 saturated carbocycles. The molecule has 0 spiro atoms. The summed E-state index contributed by atoms with van der Waals surface area (Å²) in [6, 6.07) is 3.02. The van der Waals surface area contributed by atoms with Gasteiger partial charge in [0.05, 0.1) is 17.6 Å². The molecule has 1 amide bonds. The largest absolute Gasteiger partial charge is 0.394 e. The maximum atomic E-state index is 12.0. The number of nitrogens with zero attached hydrogens (tertiary/aromatic N) is 3. The summed E-state index contributed by atoms with van der Waals surface area (Å²) < 4.78 is 0. The summed E-state index contributed by atoms with van der Waals surface area (Å²) >= 11 is 0. The van der Waals surface area contributed by atoms with Crippen molar-refractivity contribution in [1.82, 2.24) is 10.3 Å². The number of piperidine rings is 1. The molecule has 9 heteroatoms. The van der Waals surface area contributed by atoms with E-state index in [1.54, 1.807) is 6.07 Å². The Balaban J connectivity index is 1.83. The minimum absolute atomic E-state index is 0.0411. The van der Waals surface area contributed by atoms with Crippen molar-refractivity contribution in [3.05, 3.63) is 28.4 Å². The SMILES string of the molecule is O=C(NC[C@H](O)CO)C1CCN(c2ccc([N+](=O)[O-])cn2)CC1. The van der Waals surface area contributed by atoms with Crippen molar-refractivity contribution in [1.29, 1.82) is 0 Å². The van der Waals surface area contributed by atoms with Crippen LogP contribution in [0.3, 0.4) is 0 Å². The van der Waals surface area contributed by atoms with E-state index in [2.05, 4.69) is 10.3 Å². The Morgan fingerprint density at radius 3 is 2.70 bits per heavy atom. The fourth-order valence-electron chi connectivity index (χ4n) is 2.47. The second-order valence-corrected chi connectivity index (χ2v) is 5.47. The minimum Gasteiger partial charge on any atom is -0.394 e. The fourth-order valence-corrected chi connectivity index (χ4v) is 2.47. The van der Waals surface area contributed by atoms with Crippen LogP contribution >= 0.6 is 0 Å². The molecule has 1 fully saturated rings. The average molecular weight is 324 g/mol. The number of nitro groups is 1. The van der Waals surface area contributed by atoms with Gasteiger partial charge in [0.25, 0.3) is 5.69 Å². The molecule has 1 saturated heterocycles. The molecule has 2 rings (SSSR count). The summed E-state index contributed by atoms with van der Waals surface area (Å²) in [4.78, 5) is 28.2. The van der Waals surface area contributed by atoms with Gasteiger partial charge in [0.2, 0.25) is 5.91 Å². The Kier molecular flexibility index (Phi) is 5.83. The van der Waals surface area contributed by atoms with Crippen LogP contribution in [0.1, 0.15) is 12.8 Å². The predicted molar refractivity (Wildman–Crippen MR) is 81.9 cm³/mol. The molecule has 1 aromatic rings. The first kappa shape index (κ1) is 17.1. The summed E-state index contributed by atoms with van der Waals surface area (Å²) in [5.74, 6) is 0.383. The first-order valence-electron chi connectivity index (χ1n) is 7.43. The number of carbonyl (C=O) groups is 1. The molecular formula is C14H20N4O5. The molecule has 0 radical (unpaired) electrons. The highest BCUT2D eigenvalue weighted by molar-refractivity contribution is 5.79. The third-order valence-electron chi connectivity index (χ3n) is 3.86. The van der Waals surface area contributed by atoms with E-state index in [1.807, 2.05) is 4.90 Å². The molecule has 0 unspecified atom stereocenters. The van der Waals surface area contributed by atoms with Crippen molar-refractivity contribution in [2.45, 2.75) is 18.9 Å². The lowest BCUT2D eigenvalue weighted by Crippen LogP contribution is -2.43. The molecule has 0 bridgehead atoms. The standard InChI is InChI=1S/C14H20N4O5/c19-9-12(20)8-16-14(21)10-3-5-17(6-4-10)13-2-1-11(7-15-13)18(22)23/h1-2,7,10,12,19-20H,3-6,8-9H2,(H,16,21)/t12-/m0/s1. The number of aromatic nitrogens is 1. The van der Waals surface area contributed by atoms with Gasteiger partial charge in [-0.2, -0.15) is 0 Å². The second-order valence-electron chi connectivity index (χ2n) is 5.47. The third kappa shape index (κ3) is 4.60. The van der Waals surface area contributed by atoms with Crippen LogP contribution in [0.5, 0.6) is 0 Å². The van der Waals surface area contributed by atoms with Crippen molar-refractivity contribution < 1.29 is 19.9 Å². The van der Waals surface area contributed by atoms with E-state index in [9.17, 15) is 20.0 Å². The number of hydrogen-bond donors (Lipinski definition) is 3. The summed E-state index contributed by atoms with van der Waals surface area (Å²) in [5, 5.41) is 31.2. The molecule has 23 heavy (non-hydrogen) atoms. The van der Waals surface area contributed by atoms with Gasteiger partial charge in [0.15, 0.2) is 0 Å².